The maximum atomic E-state index is 2.54. The summed E-state index contributed by atoms with van der Waals surface area (Å²) in [5, 5.41) is 0. The number of allylic oxidation sites excluding steroid dienone is 2. The number of rotatable bonds is 9. The SMILES string of the molecule is CCCCCCCCCC[N+]1(C)CC2C3C=CC(C3)C2C1. The van der Waals surface area contributed by atoms with Crippen molar-refractivity contribution >= 4 is 0 Å². The van der Waals surface area contributed by atoms with Crippen LogP contribution in [0.15, 0.2) is 12.2 Å². The maximum absolute atomic E-state index is 2.54. The van der Waals surface area contributed by atoms with E-state index in [9.17, 15) is 0 Å². The second-order valence-corrected chi connectivity index (χ2v) is 8.46. The van der Waals surface area contributed by atoms with Gasteiger partial charge in [-0.05, 0) is 31.1 Å². The van der Waals surface area contributed by atoms with Crippen LogP contribution in [0, 0.1) is 23.7 Å². The molecule has 1 aliphatic heterocycles. The van der Waals surface area contributed by atoms with E-state index < -0.39 is 0 Å². The molecule has 4 unspecified atom stereocenters. The first-order valence-electron chi connectivity index (χ1n) is 9.74. The molecule has 1 saturated heterocycles. The van der Waals surface area contributed by atoms with Gasteiger partial charge in [-0.3, -0.25) is 0 Å². The van der Waals surface area contributed by atoms with Crippen LogP contribution in [0.4, 0.5) is 0 Å². The molecular formula is C20H36N+. The van der Waals surface area contributed by atoms with Crippen molar-refractivity contribution in [2.24, 2.45) is 23.7 Å². The Hall–Kier alpha value is -0.300. The molecule has 120 valence electrons. The van der Waals surface area contributed by atoms with Gasteiger partial charge in [-0.1, -0.05) is 57.6 Å². The summed E-state index contributed by atoms with van der Waals surface area (Å²) < 4.78 is 1.39. The first kappa shape index (κ1) is 15.6. The molecule has 3 rings (SSSR count). The molecule has 1 heterocycles. The second-order valence-electron chi connectivity index (χ2n) is 8.46. The van der Waals surface area contributed by atoms with E-state index in [4.69, 9.17) is 0 Å². The molecule has 0 amide bonds. The van der Waals surface area contributed by atoms with Crippen LogP contribution < -0.4 is 0 Å². The molecule has 0 aromatic heterocycles. The quantitative estimate of drug-likeness (QED) is 0.317. The Morgan fingerprint density at radius 3 is 1.90 bits per heavy atom. The van der Waals surface area contributed by atoms with Crippen molar-refractivity contribution in [1.82, 2.24) is 0 Å². The lowest BCUT2D eigenvalue weighted by molar-refractivity contribution is -0.901. The summed E-state index contributed by atoms with van der Waals surface area (Å²) >= 11 is 0. The predicted octanol–water partition coefficient (Wildman–Crippen LogP) is 5.03. The third-order valence-corrected chi connectivity index (χ3v) is 6.65. The molecule has 0 radical (unpaired) electrons. The minimum Gasteiger partial charge on any atom is -0.326 e. The zero-order valence-corrected chi connectivity index (χ0v) is 14.4. The topological polar surface area (TPSA) is 0 Å². The van der Waals surface area contributed by atoms with Crippen LogP contribution in [-0.2, 0) is 0 Å². The van der Waals surface area contributed by atoms with Crippen molar-refractivity contribution in [3.63, 3.8) is 0 Å². The zero-order chi connectivity index (χ0) is 14.7. The third-order valence-electron chi connectivity index (χ3n) is 6.65. The van der Waals surface area contributed by atoms with Crippen molar-refractivity contribution in [3.8, 4) is 0 Å². The van der Waals surface area contributed by atoms with Crippen LogP contribution in [0.3, 0.4) is 0 Å². The fourth-order valence-corrected chi connectivity index (χ4v) is 5.47. The molecule has 0 aromatic carbocycles. The summed E-state index contributed by atoms with van der Waals surface area (Å²) in [5.41, 5.74) is 0. The van der Waals surface area contributed by atoms with Gasteiger partial charge in [0.25, 0.3) is 0 Å². The molecular weight excluding hydrogens is 254 g/mol. The van der Waals surface area contributed by atoms with Crippen molar-refractivity contribution in [2.75, 3.05) is 26.7 Å². The first-order chi connectivity index (χ1) is 10.2. The lowest BCUT2D eigenvalue weighted by Gasteiger charge is -2.31. The smallest absolute Gasteiger partial charge is 0.0824 e. The molecule has 1 nitrogen and oxygen atoms in total. The van der Waals surface area contributed by atoms with E-state index in [0.717, 1.165) is 23.7 Å². The van der Waals surface area contributed by atoms with Crippen LogP contribution in [0.1, 0.15) is 64.7 Å². The van der Waals surface area contributed by atoms with Gasteiger partial charge >= 0.3 is 0 Å². The number of nitrogens with zero attached hydrogens (tertiary/aromatic N) is 1. The summed E-state index contributed by atoms with van der Waals surface area (Å²) in [5.74, 6) is 4.00. The van der Waals surface area contributed by atoms with Gasteiger partial charge in [-0.15, -0.1) is 0 Å². The Bertz CT molecular complexity index is 339. The number of quaternary nitrogens is 1. The number of fused-ring (bicyclic) bond motifs is 5. The van der Waals surface area contributed by atoms with Crippen molar-refractivity contribution < 1.29 is 4.48 Å². The van der Waals surface area contributed by atoms with Crippen LogP contribution in [0.2, 0.25) is 0 Å². The highest BCUT2D eigenvalue weighted by Crippen LogP contribution is 2.52. The summed E-state index contributed by atoms with van der Waals surface area (Å²) in [7, 11) is 2.54. The average molecular weight is 291 g/mol. The predicted molar refractivity (Wildman–Crippen MR) is 91.1 cm³/mol. The molecule has 2 aliphatic carbocycles. The Balaban J connectivity index is 1.30. The van der Waals surface area contributed by atoms with Crippen LogP contribution >= 0.6 is 0 Å². The highest BCUT2D eigenvalue weighted by Gasteiger charge is 2.54. The lowest BCUT2D eigenvalue weighted by Crippen LogP contribution is -2.43. The zero-order valence-electron chi connectivity index (χ0n) is 14.4. The lowest BCUT2D eigenvalue weighted by atomic mass is 9.86. The van der Waals surface area contributed by atoms with E-state index in [0.29, 0.717) is 0 Å². The molecule has 1 saturated carbocycles. The number of likely N-dealkylation sites (tertiary alicyclic amines) is 1. The van der Waals surface area contributed by atoms with Crippen LogP contribution in [0.5, 0.6) is 0 Å². The van der Waals surface area contributed by atoms with Gasteiger partial charge < -0.3 is 4.48 Å². The van der Waals surface area contributed by atoms with Gasteiger partial charge in [0.05, 0.1) is 26.7 Å². The van der Waals surface area contributed by atoms with Gasteiger partial charge in [0.15, 0.2) is 0 Å². The number of unbranched alkanes of at least 4 members (excludes halogenated alkanes) is 7. The van der Waals surface area contributed by atoms with Crippen molar-refractivity contribution in [3.05, 3.63) is 12.2 Å². The third kappa shape index (κ3) is 3.55. The second kappa shape index (κ2) is 6.86. The Labute approximate surface area is 132 Å². The molecule has 0 N–H and O–H groups in total. The molecule has 2 fully saturated rings. The minimum atomic E-state index is 0.957. The highest BCUT2D eigenvalue weighted by molar-refractivity contribution is 5.14. The Morgan fingerprint density at radius 1 is 0.810 bits per heavy atom. The fourth-order valence-electron chi connectivity index (χ4n) is 5.47. The van der Waals surface area contributed by atoms with E-state index in [1.807, 2.05) is 0 Å². The van der Waals surface area contributed by atoms with E-state index in [-0.39, 0.29) is 0 Å². The molecule has 0 aromatic rings. The molecule has 2 bridgehead atoms. The molecule has 1 heteroatoms. The number of hydrogen-bond acceptors (Lipinski definition) is 0. The van der Waals surface area contributed by atoms with Gasteiger partial charge in [0.2, 0.25) is 0 Å². The summed E-state index contributed by atoms with van der Waals surface area (Å²) in [6.45, 7) is 6.71. The van der Waals surface area contributed by atoms with E-state index in [1.165, 1.54) is 81.9 Å². The minimum absolute atomic E-state index is 0.957. The maximum Gasteiger partial charge on any atom is 0.0824 e. The molecule has 0 spiro atoms. The molecule has 21 heavy (non-hydrogen) atoms. The summed E-state index contributed by atoms with van der Waals surface area (Å²) in [4.78, 5) is 0. The van der Waals surface area contributed by atoms with Crippen LogP contribution in [0.25, 0.3) is 0 Å². The highest BCUT2D eigenvalue weighted by atomic mass is 15.4. The van der Waals surface area contributed by atoms with E-state index in [2.05, 4.69) is 26.1 Å². The summed E-state index contributed by atoms with van der Waals surface area (Å²) in [6, 6.07) is 0. The van der Waals surface area contributed by atoms with E-state index in [1.54, 1.807) is 0 Å². The number of hydrogen-bond donors (Lipinski definition) is 0. The standard InChI is InChI=1S/C20H36N/c1-3-4-5-6-7-8-9-10-13-21(2)15-19-17-11-12-18(14-17)20(19)16-21/h11-12,17-20H,3-10,13-16H2,1-2H3/q+1. The van der Waals surface area contributed by atoms with Crippen LogP contribution in [-0.4, -0.2) is 31.2 Å². The average Bonchev–Trinajstić information content (AvgIpc) is 3.13. The van der Waals surface area contributed by atoms with Crippen molar-refractivity contribution in [2.45, 2.75) is 64.7 Å². The monoisotopic (exact) mass is 290 g/mol. The fraction of sp³-hybridized carbons (Fsp3) is 0.900. The molecule has 3 aliphatic rings. The normalized spacial score (nSPS) is 40.1. The van der Waals surface area contributed by atoms with Gasteiger partial charge in [-0.2, -0.15) is 0 Å². The van der Waals surface area contributed by atoms with E-state index >= 15 is 0 Å². The largest absolute Gasteiger partial charge is 0.326 e. The van der Waals surface area contributed by atoms with Gasteiger partial charge in [-0.25, -0.2) is 0 Å². The summed E-state index contributed by atoms with van der Waals surface area (Å²) in [6.07, 6.45) is 18.2. The Morgan fingerprint density at radius 2 is 1.33 bits per heavy atom. The molecule has 4 atom stereocenters. The first-order valence-corrected chi connectivity index (χ1v) is 9.74. The van der Waals surface area contributed by atoms with Gasteiger partial charge in [0, 0.05) is 11.8 Å². The Kier molecular flexibility index (Phi) is 5.09. The van der Waals surface area contributed by atoms with Crippen molar-refractivity contribution in [1.29, 1.82) is 0 Å². The van der Waals surface area contributed by atoms with Gasteiger partial charge in [0.1, 0.15) is 0 Å².